The molecule has 0 radical (unpaired) electrons. The van der Waals surface area contributed by atoms with E-state index in [0.717, 1.165) is 0 Å². The van der Waals surface area contributed by atoms with Gasteiger partial charge in [0.05, 0.1) is 6.61 Å². The fraction of sp³-hybridized carbons (Fsp3) is 0.778. The lowest BCUT2D eigenvalue weighted by Crippen LogP contribution is -2.61. The summed E-state index contributed by atoms with van der Waals surface area (Å²) < 4.78 is 9.66. The molecule has 1 aliphatic rings. The second kappa shape index (κ2) is 5.24. The summed E-state index contributed by atoms with van der Waals surface area (Å²) in [6.45, 7) is 2.27. The Morgan fingerprint density at radius 1 is 1.38 bits per heavy atom. The van der Waals surface area contributed by atoms with E-state index in [1.807, 2.05) is 0 Å². The van der Waals surface area contributed by atoms with Gasteiger partial charge in [0, 0.05) is 13.8 Å². The summed E-state index contributed by atoms with van der Waals surface area (Å²) in [5, 5.41) is 21.4. The maximum Gasteiger partial charge on any atom is 0.303 e. The lowest BCUT2D eigenvalue weighted by Gasteiger charge is -2.37. The molecule has 4 atom stereocenters. The smallest absolute Gasteiger partial charge is 0.303 e. The number of nitrogens with one attached hydrogen (secondary N) is 1. The van der Waals surface area contributed by atoms with Crippen molar-refractivity contribution in [3.8, 4) is 0 Å². The van der Waals surface area contributed by atoms with Gasteiger partial charge in [-0.1, -0.05) is 0 Å². The monoisotopic (exact) mass is 233 g/mol. The highest BCUT2D eigenvalue weighted by Gasteiger charge is 2.41. The molecule has 3 N–H and O–H groups in total. The first kappa shape index (κ1) is 12.9. The third-order valence-corrected chi connectivity index (χ3v) is 2.15. The number of hydrogen-bond acceptors (Lipinski definition) is 6. The van der Waals surface area contributed by atoms with Crippen LogP contribution in [0.25, 0.3) is 0 Å². The van der Waals surface area contributed by atoms with Gasteiger partial charge >= 0.3 is 5.97 Å². The molecule has 0 aromatic heterocycles. The Morgan fingerprint density at radius 3 is 2.50 bits per heavy atom. The molecule has 0 aliphatic carbocycles. The van der Waals surface area contributed by atoms with Gasteiger partial charge < -0.3 is 25.0 Å². The first-order valence-corrected chi connectivity index (χ1v) is 4.84. The van der Waals surface area contributed by atoms with Crippen LogP contribution < -0.4 is 5.32 Å². The number of rotatable bonds is 2. The Balaban J connectivity index is 2.76. The van der Waals surface area contributed by atoms with E-state index in [4.69, 9.17) is 9.47 Å². The van der Waals surface area contributed by atoms with Gasteiger partial charge in [-0.3, -0.25) is 9.59 Å². The van der Waals surface area contributed by atoms with Gasteiger partial charge in [-0.15, -0.1) is 0 Å². The van der Waals surface area contributed by atoms with Gasteiger partial charge in [0.25, 0.3) is 0 Å². The number of aliphatic hydroxyl groups is 2. The standard InChI is InChI=1S/C9H15NO6/c1-4(11)10-7-8(16-5(2)12)6(13)3-15-9(7)14/h6-9,13-14H,3H2,1-2H3,(H,10,11)/t6-,7-,8+,9-/m1/s1. The number of carbonyl (C=O) groups is 2. The second-order valence-corrected chi connectivity index (χ2v) is 3.59. The SMILES string of the molecule is CC(=O)N[C@@H]1[C@@H](OC(C)=O)[C@H](O)CO[C@H]1O. The summed E-state index contributed by atoms with van der Waals surface area (Å²) in [4.78, 5) is 21.7. The van der Waals surface area contributed by atoms with Crippen molar-refractivity contribution in [1.82, 2.24) is 5.32 Å². The van der Waals surface area contributed by atoms with Gasteiger partial charge in [0.2, 0.25) is 5.91 Å². The van der Waals surface area contributed by atoms with Gasteiger partial charge in [-0.25, -0.2) is 0 Å². The van der Waals surface area contributed by atoms with Crippen LogP contribution in [0.2, 0.25) is 0 Å². The van der Waals surface area contributed by atoms with Gasteiger partial charge in [0.15, 0.2) is 12.4 Å². The van der Waals surface area contributed by atoms with E-state index in [1.165, 1.54) is 13.8 Å². The Morgan fingerprint density at radius 2 is 2.00 bits per heavy atom. The van der Waals surface area contributed by atoms with Gasteiger partial charge in [-0.05, 0) is 0 Å². The van der Waals surface area contributed by atoms with Crippen LogP contribution in [0.3, 0.4) is 0 Å². The zero-order valence-electron chi connectivity index (χ0n) is 9.04. The van der Waals surface area contributed by atoms with Crippen molar-refractivity contribution < 1.29 is 29.3 Å². The van der Waals surface area contributed by atoms with E-state index in [-0.39, 0.29) is 6.61 Å². The van der Waals surface area contributed by atoms with Crippen LogP contribution in [-0.4, -0.2) is 53.2 Å². The lowest BCUT2D eigenvalue weighted by molar-refractivity contribution is -0.222. The third kappa shape index (κ3) is 3.16. The summed E-state index contributed by atoms with van der Waals surface area (Å²) in [5.74, 6) is -1.02. The second-order valence-electron chi connectivity index (χ2n) is 3.59. The zero-order valence-corrected chi connectivity index (χ0v) is 9.04. The molecule has 7 nitrogen and oxygen atoms in total. The van der Waals surface area contributed by atoms with Crippen molar-refractivity contribution in [3.63, 3.8) is 0 Å². The van der Waals surface area contributed by atoms with E-state index in [2.05, 4.69) is 5.32 Å². The Bertz CT molecular complexity index is 253. The summed E-state index contributed by atoms with van der Waals surface area (Å²) >= 11 is 0. The van der Waals surface area contributed by atoms with E-state index in [0.29, 0.717) is 0 Å². The van der Waals surface area contributed by atoms with Crippen molar-refractivity contribution in [3.05, 3.63) is 0 Å². The van der Waals surface area contributed by atoms with Crippen LogP contribution >= 0.6 is 0 Å². The van der Waals surface area contributed by atoms with Gasteiger partial charge in [-0.2, -0.15) is 0 Å². The topological polar surface area (TPSA) is 105 Å². The molecular formula is C9H15NO6. The van der Waals surface area contributed by atoms with E-state index in [1.54, 1.807) is 0 Å². The highest BCUT2D eigenvalue weighted by molar-refractivity contribution is 5.73. The largest absolute Gasteiger partial charge is 0.457 e. The molecule has 0 aromatic rings. The average molecular weight is 233 g/mol. The minimum Gasteiger partial charge on any atom is -0.457 e. The maximum atomic E-state index is 10.9. The third-order valence-electron chi connectivity index (χ3n) is 2.15. The molecule has 1 fully saturated rings. The van der Waals surface area contributed by atoms with Crippen molar-refractivity contribution in [2.75, 3.05) is 6.61 Å². The van der Waals surface area contributed by atoms with Crippen molar-refractivity contribution in [2.24, 2.45) is 0 Å². The van der Waals surface area contributed by atoms with E-state index < -0.39 is 36.4 Å². The molecule has 16 heavy (non-hydrogen) atoms. The molecule has 1 aliphatic heterocycles. The number of aliphatic hydroxyl groups excluding tert-OH is 2. The van der Waals surface area contributed by atoms with E-state index in [9.17, 15) is 19.8 Å². The molecule has 0 bridgehead atoms. The fourth-order valence-electron chi connectivity index (χ4n) is 1.53. The zero-order chi connectivity index (χ0) is 12.3. The van der Waals surface area contributed by atoms with Crippen molar-refractivity contribution in [1.29, 1.82) is 0 Å². The van der Waals surface area contributed by atoms with Crippen molar-refractivity contribution >= 4 is 11.9 Å². The fourth-order valence-corrected chi connectivity index (χ4v) is 1.53. The minimum absolute atomic E-state index is 0.158. The first-order valence-electron chi connectivity index (χ1n) is 4.84. The molecular weight excluding hydrogens is 218 g/mol. The van der Waals surface area contributed by atoms with Crippen LogP contribution in [-0.2, 0) is 19.1 Å². The molecule has 0 unspecified atom stereocenters. The normalized spacial score (nSPS) is 34.2. The quantitative estimate of drug-likeness (QED) is 0.483. The van der Waals surface area contributed by atoms with Crippen LogP contribution in [0.15, 0.2) is 0 Å². The maximum absolute atomic E-state index is 10.9. The van der Waals surface area contributed by atoms with Crippen LogP contribution in [0.5, 0.6) is 0 Å². The minimum atomic E-state index is -1.31. The molecule has 7 heteroatoms. The van der Waals surface area contributed by atoms with Crippen LogP contribution in [0.4, 0.5) is 0 Å². The van der Waals surface area contributed by atoms with Crippen LogP contribution in [0.1, 0.15) is 13.8 Å². The molecule has 0 aromatic carbocycles. The van der Waals surface area contributed by atoms with E-state index >= 15 is 0 Å². The number of carbonyl (C=O) groups excluding carboxylic acids is 2. The predicted octanol–water partition coefficient (Wildman–Crippen LogP) is -1.87. The number of esters is 1. The van der Waals surface area contributed by atoms with Crippen LogP contribution in [0, 0.1) is 0 Å². The number of hydrogen-bond donors (Lipinski definition) is 3. The lowest BCUT2D eigenvalue weighted by atomic mass is 10.0. The number of amides is 1. The first-order chi connectivity index (χ1) is 7.41. The molecule has 92 valence electrons. The highest BCUT2D eigenvalue weighted by Crippen LogP contribution is 2.17. The Hall–Kier alpha value is -1.18. The molecule has 0 spiro atoms. The summed E-state index contributed by atoms with van der Waals surface area (Å²) in [6.07, 6.45) is -3.40. The molecule has 0 saturated carbocycles. The summed E-state index contributed by atoms with van der Waals surface area (Å²) in [7, 11) is 0. The molecule has 1 amide bonds. The molecule has 1 rings (SSSR count). The molecule has 1 saturated heterocycles. The Labute approximate surface area is 92.3 Å². The predicted molar refractivity (Wildman–Crippen MR) is 51.1 cm³/mol. The van der Waals surface area contributed by atoms with Crippen molar-refractivity contribution in [2.45, 2.75) is 38.4 Å². The Kier molecular flexibility index (Phi) is 4.22. The van der Waals surface area contributed by atoms with Gasteiger partial charge in [0.1, 0.15) is 12.1 Å². The number of ether oxygens (including phenoxy) is 2. The highest BCUT2D eigenvalue weighted by atomic mass is 16.6. The molecule has 1 heterocycles. The summed E-state index contributed by atoms with van der Waals surface area (Å²) in [6, 6.07) is -0.967. The average Bonchev–Trinajstić information content (AvgIpc) is 2.16. The summed E-state index contributed by atoms with van der Waals surface area (Å²) in [5.41, 5.74) is 0.